The van der Waals surface area contributed by atoms with Gasteiger partial charge in [0.05, 0.1) is 5.92 Å². The highest BCUT2D eigenvalue weighted by Gasteiger charge is 2.27. The normalized spacial score (nSPS) is 18.3. The Bertz CT molecular complexity index is 476. The number of likely N-dealkylation sites (tertiary alicyclic amines) is 1. The molecule has 0 aromatic carbocycles. The van der Waals surface area contributed by atoms with Crippen LogP contribution in [0.4, 0.5) is 0 Å². The van der Waals surface area contributed by atoms with E-state index in [1.165, 1.54) is 0 Å². The van der Waals surface area contributed by atoms with Crippen LogP contribution >= 0.6 is 0 Å². The molecule has 1 N–H and O–H groups in total. The van der Waals surface area contributed by atoms with Gasteiger partial charge in [0.25, 0.3) is 0 Å². The van der Waals surface area contributed by atoms with Crippen LogP contribution in [-0.2, 0) is 16.0 Å². The Balaban J connectivity index is 1.76. The maximum absolute atomic E-state index is 12.2. The molecule has 2 rings (SSSR count). The lowest BCUT2D eigenvalue weighted by Crippen LogP contribution is -2.45. The molecule has 0 saturated carbocycles. The number of hydrogen-bond donors (Lipinski definition) is 1. The summed E-state index contributed by atoms with van der Waals surface area (Å²) in [6.45, 7) is 3.82. The smallest absolute Gasteiger partial charge is 0.224 e. The van der Waals surface area contributed by atoms with Gasteiger partial charge in [0, 0.05) is 38.4 Å². The van der Waals surface area contributed by atoms with E-state index in [1.54, 1.807) is 6.20 Å². The van der Waals surface area contributed by atoms with Crippen LogP contribution < -0.4 is 5.32 Å². The average molecular weight is 289 g/mol. The Kier molecular flexibility index (Phi) is 5.72. The molecule has 2 amide bonds. The second-order valence-electron chi connectivity index (χ2n) is 5.43. The summed E-state index contributed by atoms with van der Waals surface area (Å²) in [6.07, 6.45) is 6.62. The van der Waals surface area contributed by atoms with E-state index in [9.17, 15) is 9.59 Å². The van der Waals surface area contributed by atoms with Gasteiger partial charge in [-0.25, -0.2) is 0 Å². The molecule has 0 aliphatic carbocycles. The predicted molar refractivity (Wildman–Crippen MR) is 80.5 cm³/mol. The molecule has 1 aromatic rings. The number of nitrogens with zero attached hydrogens (tertiary/aromatic N) is 2. The number of rotatable bonds is 5. The van der Waals surface area contributed by atoms with Crippen molar-refractivity contribution in [3.05, 3.63) is 30.1 Å². The number of hydrogen-bond acceptors (Lipinski definition) is 3. The third kappa shape index (κ3) is 4.55. The summed E-state index contributed by atoms with van der Waals surface area (Å²) < 4.78 is 0. The van der Waals surface area contributed by atoms with E-state index in [0.717, 1.165) is 31.4 Å². The highest BCUT2D eigenvalue weighted by molar-refractivity contribution is 5.81. The van der Waals surface area contributed by atoms with Gasteiger partial charge in [0.2, 0.25) is 11.8 Å². The maximum atomic E-state index is 12.2. The second kappa shape index (κ2) is 7.76. The molecule has 21 heavy (non-hydrogen) atoms. The Morgan fingerprint density at radius 2 is 2.33 bits per heavy atom. The Labute approximate surface area is 125 Å². The number of carbonyl (C=O) groups is 2. The molecule has 1 aliphatic rings. The number of carbonyl (C=O) groups excluding carboxylic acids is 2. The van der Waals surface area contributed by atoms with Gasteiger partial charge in [-0.3, -0.25) is 14.6 Å². The first-order valence-corrected chi connectivity index (χ1v) is 7.65. The highest BCUT2D eigenvalue weighted by atomic mass is 16.2. The van der Waals surface area contributed by atoms with Crippen molar-refractivity contribution in [3.63, 3.8) is 0 Å². The number of pyridine rings is 1. The topological polar surface area (TPSA) is 62.3 Å². The number of nitrogens with one attached hydrogen (secondary N) is 1. The number of amides is 2. The van der Waals surface area contributed by atoms with E-state index >= 15 is 0 Å². The van der Waals surface area contributed by atoms with Gasteiger partial charge in [0.15, 0.2) is 0 Å². The minimum atomic E-state index is -0.0665. The van der Waals surface area contributed by atoms with Crippen LogP contribution in [0, 0.1) is 5.92 Å². The third-order valence-corrected chi connectivity index (χ3v) is 3.88. The summed E-state index contributed by atoms with van der Waals surface area (Å²) in [5.41, 5.74) is 1.12. The SMILES string of the molecule is CCC(=O)N1CCCC(C(=O)NCCc2cccnc2)C1. The Morgan fingerprint density at radius 1 is 1.48 bits per heavy atom. The van der Waals surface area contributed by atoms with Crippen molar-refractivity contribution in [2.75, 3.05) is 19.6 Å². The van der Waals surface area contributed by atoms with Crippen molar-refractivity contribution >= 4 is 11.8 Å². The molecule has 0 bridgehead atoms. The molecule has 0 spiro atoms. The van der Waals surface area contributed by atoms with E-state index in [2.05, 4.69) is 10.3 Å². The molecule has 5 nitrogen and oxygen atoms in total. The zero-order chi connectivity index (χ0) is 15.1. The molecular formula is C16H23N3O2. The summed E-state index contributed by atoms with van der Waals surface area (Å²) in [5.74, 6) is 0.138. The van der Waals surface area contributed by atoms with Crippen molar-refractivity contribution in [3.8, 4) is 0 Å². The van der Waals surface area contributed by atoms with E-state index in [4.69, 9.17) is 0 Å². The van der Waals surface area contributed by atoms with Crippen LogP contribution in [0.15, 0.2) is 24.5 Å². The zero-order valence-corrected chi connectivity index (χ0v) is 12.5. The van der Waals surface area contributed by atoms with Gasteiger partial charge in [-0.15, -0.1) is 0 Å². The van der Waals surface area contributed by atoms with Gasteiger partial charge < -0.3 is 10.2 Å². The summed E-state index contributed by atoms with van der Waals surface area (Å²) >= 11 is 0. The fourth-order valence-electron chi connectivity index (χ4n) is 2.66. The summed E-state index contributed by atoms with van der Waals surface area (Å²) in [7, 11) is 0. The summed E-state index contributed by atoms with van der Waals surface area (Å²) in [6, 6.07) is 3.90. The molecule has 5 heteroatoms. The van der Waals surface area contributed by atoms with Gasteiger partial charge in [-0.05, 0) is 30.9 Å². The lowest BCUT2D eigenvalue weighted by molar-refractivity contribution is -0.135. The average Bonchev–Trinajstić information content (AvgIpc) is 2.55. The first-order chi connectivity index (χ1) is 10.2. The molecule has 1 aromatic heterocycles. The van der Waals surface area contributed by atoms with Crippen molar-refractivity contribution in [2.45, 2.75) is 32.6 Å². The third-order valence-electron chi connectivity index (χ3n) is 3.88. The molecular weight excluding hydrogens is 266 g/mol. The standard InChI is InChI=1S/C16H23N3O2/c1-2-15(20)19-10-4-6-14(12-19)16(21)18-9-7-13-5-3-8-17-11-13/h3,5,8,11,14H,2,4,6-7,9-10,12H2,1H3,(H,18,21). The molecule has 1 atom stereocenters. The molecule has 114 valence electrons. The van der Waals surface area contributed by atoms with Gasteiger partial charge in [-0.2, -0.15) is 0 Å². The van der Waals surface area contributed by atoms with Gasteiger partial charge in [-0.1, -0.05) is 13.0 Å². The van der Waals surface area contributed by atoms with Crippen LogP contribution in [0.1, 0.15) is 31.7 Å². The van der Waals surface area contributed by atoms with Crippen LogP contribution in [0.3, 0.4) is 0 Å². The minimum Gasteiger partial charge on any atom is -0.355 e. The van der Waals surface area contributed by atoms with Crippen molar-refractivity contribution < 1.29 is 9.59 Å². The minimum absolute atomic E-state index is 0.0625. The van der Waals surface area contributed by atoms with Crippen LogP contribution in [0.2, 0.25) is 0 Å². The molecule has 1 aliphatic heterocycles. The summed E-state index contributed by atoms with van der Waals surface area (Å²) in [5, 5.41) is 2.97. The molecule has 1 unspecified atom stereocenters. The first kappa shape index (κ1) is 15.5. The molecule has 0 radical (unpaired) electrons. The van der Waals surface area contributed by atoms with Crippen molar-refractivity contribution in [1.82, 2.24) is 15.2 Å². The number of piperidine rings is 1. The quantitative estimate of drug-likeness (QED) is 0.891. The summed E-state index contributed by atoms with van der Waals surface area (Å²) in [4.78, 5) is 29.8. The monoisotopic (exact) mass is 289 g/mol. The lowest BCUT2D eigenvalue weighted by atomic mass is 9.97. The van der Waals surface area contributed by atoms with Gasteiger partial charge in [0.1, 0.15) is 0 Å². The fourth-order valence-corrected chi connectivity index (χ4v) is 2.66. The van der Waals surface area contributed by atoms with Crippen LogP contribution in [0.5, 0.6) is 0 Å². The first-order valence-electron chi connectivity index (χ1n) is 7.65. The van der Waals surface area contributed by atoms with E-state index in [1.807, 2.05) is 30.2 Å². The predicted octanol–water partition coefficient (Wildman–Crippen LogP) is 1.39. The highest BCUT2D eigenvalue weighted by Crippen LogP contribution is 2.17. The fraction of sp³-hybridized carbons (Fsp3) is 0.562. The maximum Gasteiger partial charge on any atom is 0.224 e. The lowest BCUT2D eigenvalue weighted by Gasteiger charge is -2.31. The molecule has 2 heterocycles. The van der Waals surface area contributed by atoms with Crippen molar-refractivity contribution in [2.24, 2.45) is 5.92 Å². The molecule has 1 fully saturated rings. The van der Waals surface area contributed by atoms with E-state index in [0.29, 0.717) is 19.5 Å². The Morgan fingerprint density at radius 3 is 3.05 bits per heavy atom. The second-order valence-corrected chi connectivity index (χ2v) is 5.43. The van der Waals surface area contributed by atoms with Crippen LogP contribution in [0.25, 0.3) is 0 Å². The van der Waals surface area contributed by atoms with E-state index < -0.39 is 0 Å². The van der Waals surface area contributed by atoms with Crippen LogP contribution in [-0.4, -0.2) is 41.3 Å². The number of aromatic nitrogens is 1. The largest absolute Gasteiger partial charge is 0.355 e. The molecule has 1 saturated heterocycles. The van der Waals surface area contributed by atoms with Gasteiger partial charge >= 0.3 is 0 Å². The van der Waals surface area contributed by atoms with Crippen molar-refractivity contribution in [1.29, 1.82) is 0 Å². The zero-order valence-electron chi connectivity index (χ0n) is 12.5. The van der Waals surface area contributed by atoms with E-state index in [-0.39, 0.29) is 17.7 Å². The Hall–Kier alpha value is -1.91.